The standard InChI is InChI=1S/C44H26N4/c1-45-30-23-24-44-39(28-30)38-18-8-12-22-43(38)48(44)42-21-11-5-15-35(42)34-14-4-3-13-33(34)29-25-31(46-2)27-32(26-29)47-40-19-9-6-16-36(40)37-17-7-10-20-41(37)47/h3-28H. The summed E-state index contributed by atoms with van der Waals surface area (Å²) in [4.78, 5) is 7.65. The second kappa shape index (κ2) is 10.9. The molecule has 0 fully saturated rings. The van der Waals surface area contributed by atoms with E-state index in [1.165, 1.54) is 10.8 Å². The number of para-hydroxylation sites is 4. The van der Waals surface area contributed by atoms with Crippen LogP contribution >= 0.6 is 0 Å². The van der Waals surface area contributed by atoms with Crippen molar-refractivity contribution < 1.29 is 0 Å². The molecule has 0 unspecified atom stereocenters. The van der Waals surface area contributed by atoms with Crippen molar-refractivity contribution in [2.75, 3.05) is 0 Å². The molecule has 0 spiro atoms. The Kier molecular flexibility index (Phi) is 6.22. The molecule has 0 radical (unpaired) electrons. The van der Waals surface area contributed by atoms with Crippen molar-refractivity contribution in [1.29, 1.82) is 0 Å². The van der Waals surface area contributed by atoms with E-state index in [1.807, 2.05) is 24.3 Å². The fourth-order valence-electron chi connectivity index (χ4n) is 7.30. The number of aromatic nitrogens is 2. The third-order valence-corrected chi connectivity index (χ3v) is 9.33. The van der Waals surface area contributed by atoms with Gasteiger partial charge in [-0.25, -0.2) is 9.69 Å². The molecule has 0 N–H and O–H groups in total. The highest BCUT2D eigenvalue weighted by molar-refractivity contribution is 6.11. The van der Waals surface area contributed by atoms with Crippen molar-refractivity contribution >= 4 is 55.0 Å². The lowest BCUT2D eigenvalue weighted by Crippen LogP contribution is -1.98. The van der Waals surface area contributed by atoms with E-state index in [4.69, 9.17) is 13.1 Å². The zero-order valence-corrected chi connectivity index (χ0v) is 25.8. The summed E-state index contributed by atoms with van der Waals surface area (Å²) in [7, 11) is 0. The quantitative estimate of drug-likeness (QED) is 0.177. The molecule has 0 aliphatic rings. The van der Waals surface area contributed by atoms with Gasteiger partial charge in [0.15, 0.2) is 11.4 Å². The molecule has 2 aromatic heterocycles. The Morgan fingerprint density at radius 3 is 1.56 bits per heavy atom. The Morgan fingerprint density at radius 2 is 0.896 bits per heavy atom. The molecule has 48 heavy (non-hydrogen) atoms. The van der Waals surface area contributed by atoms with E-state index >= 15 is 0 Å². The van der Waals surface area contributed by atoms with Crippen molar-refractivity contribution in [3.63, 3.8) is 0 Å². The van der Waals surface area contributed by atoms with Gasteiger partial charge in [0.1, 0.15) is 0 Å². The van der Waals surface area contributed by atoms with Gasteiger partial charge in [-0.15, -0.1) is 0 Å². The Morgan fingerprint density at radius 1 is 0.375 bits per heavy atom. The predicted octanol–water partition coefficient (Wildman–Crippen LogP) is 12.3. The van der Waals surface area contributed by atoms with E-state index in [2.05, 4.69) is 152 Å². The molecular weight excluding hydrogens is 585 g/mol. The van der Waals surface area contributed by atoms with Gasteiger partial charge >= 0.3 is 0 Å². The van der Waals surface area contributed by atoms with Gasteiger partial charge in [0.2, 0.25) is 0 Å². The topological polar surface area (TPSA) is 18.6 Å². The first-order valence-electron chi connectivity index (χ1n) is 15.8. The predicted molar refractivity (Wildman–Crippen MR) is 199 cm³/mol. The van der Waals surface area contributed by atoms with Crippen LogP contribution in [0, 0.1) is 13.1 Å². The normalized spacial score (nSPS) is 11.3. The first kappa shape index (κ1) is 27.4. The van der Waals surface area contributed by atoms with Crippen LogP contribution in [0.2, 0.25) is 0 Å². The highest BCUT2D eigenvalue weighted by atomic mass is 15.0. The zero-order chi connectivity index (χ0) is 32.2. The van der Waals surface area contributed by atoms with E-state index < -0.39 is 0 Å². The molecule has 222 valence electrons. The smallest absolute Gasteiger partial charge is 0.189 e. The molecule has 4 heteroatoms. The molecule has 9 aromatic rings. The van der Waals surface area contributed by atoms with E-state index in [0.29, 0.717) is 11.4 Å². The van der Waals surface area contributed by atoms with Crippen LogP contribution in [0.5, 0.6) is 0 Å². The molecule has 0 bridgehead atoms. The molecule has 0 aliphatic heterocycles. The molecule has 7 aromatic carbocycles. The lowest BCUT2D eigenvalue weighted by atomic mass is 9.93. The molecule has 2 heterocycles. The fraction of sp³-hybridized carbons (Fsp3) is 0. The molecule has 0 saturated carbocycles. The Hall–Kier alpha value is -6.88. The van der Waals surface area contributed by atoms with Gasteiger partial charge in [-0.2, -0.15) is 0 Å². The van der Waals surface area contributed by atoms with Crippen LogP contribution in [0.3, 0.4) is 0 Å². The molecule has 9 rings (SSSR count). The molecule has 0 aliphatic carbocycles. The number of hydrogen-bond acceptors (Lipinski definition) is 0. The largest absolute Gasteiger partial charge is 0.310 e. The van der Waals surface area contributed by atoms with Gasteiger partial charge in [-0.05, 0) is 76.7 Å². The Labute approximate surface area is 277 Å². The zero-order valence-electron chi connectivity index (χ0n) is 25.8. The van der Waals surface area contributed by atoms with Crippen LogP contribution < -0.4 is 0 Å². The minimum absolute atomic E-state index is 0.588. The fourth-order valence-corrected chi connectivity index (χ4v) is 7.30. The average molecular weight is 611 g/mol. The number of rotatable bonds is 4. The lowest BCUT2D eigenvalue weighted by molar-refractivity contribution is 1.18. The second-order valence-corrected chi connectivity index (χ2v) is 11.9. The number of hydrogen-bond donors (Lipinski definition) is 0. The summed E-state index contributed by atoms with van der Waals surface area (Å²) in [6.45, 7) is 15.7. The van der Waals surface area contributed by atoms with E-state index in [1.54, 1.807) is 0 Å². The van der Waals surface area contributed by atoms with E-state index in [9.17, 15) is 0 Å². The van der Waals surface area contributed by atoms with Crippen molar-refractivity contribution in [3.05, 3.63) is 181 Å². The van der Waals surface area contributed by atoms with Gasteiger partial charge < -0.3 is 9.13 Å². The highest BCUT2D eigenvalue weighted by Gasteiger charge is 2.19. The van der Waals surface area contributed by atoms with Crippen molar-refractivity contribution in [2.45, 2.75) is 0 Å². The van der Waals surface area contributed by atoms with Crippen LogP contribution in [0.25, 0.3) is 86.9 Å². The monoisotopic (exact) mass is 610 g/mol. The molecule has 4 nitrogen and oxygen atoms in total. The van der Waals surface area contributed by atoms with Gasteiger partial charge in [0.25, 0.3) is 0 Å². The minimum atomic E-state index is 0.588. The second-order valence-electron chi connectivity index (χ2n) is 11.9. The molecule has 0 amide bonds. The minimum Gasteiger partial charge on any atom is -0.310 e. The highest BCUT2D eigenvalue weighted by Crippen LogP contribution is 2.42. The van der Waals surface area contributed by atoms with Crippen LogP contribution in [-0.4, -0.2) is 9.13 Å². The number of benzene rings is 7. The lowest BCUT2D eigenvalue weighted by Gasteiger charge is -2.18. The summed E-state index contributed by atoms with van der Waals surface area (Å²) in [6.07, 6.45) is 0. The van der Waals surface area contributed by atoms with Crippen molar-refractivity contribution in [1.82, 2.24) is 9.13 Å². The number of nitrogens with zero attached hydrogens (tertiary/aromatic N) is 4. The summed E-state index contributed by atoms with van der Waals surface area (Å²) in [5, 5.41) is 4.54. The van der Waals surface area contributed by atoms with Gasteiger partial charge in [0.05, 0.1) is 40.9 Å². The van der Waals surface area contributed by atoms with Crippen LogP contribution in [0.4, 0.5) is 11.4 Å². The van der Waals surface area contributed by atoms with Crippen LogP contribution in [0.15, 0.2) is 158 Å². The third kappa shape index (κ3) is 4.14. The summed E-state index contributed by atoms with van der Waals surface area (Å²) < 4.78 is 4.58. The van der Waals surface area contributed by atoms with Crippen LogP contribution in [0.1, 0.15) is 0 Å². The maximum absolute atomic E-state index is 8.07. The first-order valence-corrected chi connectivity index (χ1v) is 15.8. The van der Waals surface area contributed by atoms with E-state index in [-0.39, 0.29) is 0 Å². The van der Waals surface area contributed by atoms with Gasteiger partial charge in [0, 0.05) is 27.4 Å². The Balaban J connectivity index is 1.29. The maximum atomic E-state index is 8.07. The first-order chi connectivity index (χ1) is 23.7. The van der Waals surface area contributed by atoms with Gasteiger partial charge in [-0.3, -0.25) is 0 Å². The Bertz CT molecular complexity index is 2760. The number of fused-ring (bicyclic) bond motifs is 6. The molecule has 0 saturated heterocycles. The maximum Gasteiger partial charge on any atom is 0.189 e. The molecule has 0 atom stereocenters. The van der Waals surface area contributed by atoms with Gasteiger partial charge in [-0.1, -0.05) is 103 Å². The summed E-state index contributed by atoms with van der Waals surface area (Å²) >= 11 is 0. The summed E-state index contributed by atoms with van der Waals surface area (Å²) in [6, 6.07) is 54.4. The van der Waals surface area contributed by atoms with E-state index in [0.717, 1.165) is 66.5 Å². The van der Waals surface area contributed by atoms with Crippen molar-refractivity contribution in [2.24, 2.45) is 0 Å². The SMILES string of the molecule is [C-]#[N+]c1cc(-c2ccccc2-c2ccccc2-n2c3ccccc3c3cc([N+]#[C-])ccc32)cc(-n2c3ccccc3c3ccccc32)c1. The third-order valence-electron chi connectivity index (χ3n) is 9.33. The average Bonchev–Trinajstić information content (AvgIpc) is 3.67. The summed E-state index contributed by atoms with van der Waals surface area (Å²) in [5.74, 6) is 0. The molecular formula is C44H26N4. The van der Waals surface area contributed by atoms with Crippen LogP contribution in [-0.2, 0) is 0 Å². The summed E-state index contributed by atoms with van der Waals surface area (Å²) in [5.41, 5.74) is 11.8. The van der Waals surface area contributed by atoms with Crippen molar-refractivity contribution in [3.8, 4) is 33.6 Å².